The minimum Gasteiger partial charge on any atom is -0.450 e. The molecule has 1 saturated heterocycles. The molecule has 1 aliphatic heterocycles. The Morgan fingerprint density at radius 1 is 1.13 bits per heavy atom. The zero-order valence-corrected chi connectivity index (χ0v) is 18.0. The van der Waals surface area contributed by atoms with E-state index in [2.05, 4.69) is 32.2 Å². The van der Waals surface area contributed by atoms with Crippen molar-refractivity contribution in [1.82, 2.24) is 19.6 Å². The van der Waals surface area contributed by atoms with Crippen LogP contribution in [0.3, 0.4) is 0 Å². The van der Waals surface area contributed by atoms with E-state index in [1.807, 2.05) is 44.2 Å². The van der Waals surface area contributed by atoms with Crippen LogP contribution in [0.1, 0.15) is 41.8 Å². The van der Waals surface area contributed by atoms with Crippen molar-refractivity contribution < 1.29 is 14.3 Å². The molecule has 31 heavy (non-hydrogen) atoms. The Bertz CT molecular complexity index is 1100. The lowest BCUT2D eigenvalue weighted by Gasteiger charge is -2.32. The summed E-state index contributed by atoms with van der Waals surface area (Å²) in [6.07, 6.45) is 2.39. The molecular weight excluding hydrogens is 396 g/mol. The van der Waals surface area contributed by atoms with E-state index in [1.165, 1.54) is 17.4 Å². The second kappa shape index (κ2) is 8.71. The zero-order chi connectivity index (χ0) is 22.0. The fraction of sp³-hybridized carbons (Fsp3) is 0.409. The molecule has 0 radical (unpaired) electrons. The lowest BCUT2D eigenvalue weighted by molar-refractivity contribution is -0.119. The first-order valence-corrected chi connectivity index (χ1v) is 10.4. The summed E-state index contributed by atoms with van der Waals surface area (Å²) in [5, 5.41) is 6.84. The number of carbonyl (C=O) groups is 2. The molecule has 1 aromatic carbocycles. The van der Waals surface area contributed by atoms with Crippen molar-refractivity contribution >= 4 is 29.0 Å². The molecule has 0 saturated carbocycles. The predicted octanol–water partition coefficient (Wildman–Crippen LogP) is 2.77. The number of anilines is 2. The number of hydrogen-bond donors (Lipinski definition) is 1. The van der Waals surface area contributed by atoms with E-state index in [-0.39, 0.29) is 5.82 Å². The maximum atomic E-state index is 12.2. The first-order valence-electron chi connectivity index (χ1n) is 10.4. The van der Waals surface area contributed by atoms with Gasteiger partial charge in [0.2, 0.25) is 0 Å². The van der Waals surface area contributed by atoms with E-state index >= 15 is 0 Å². The van der Waals surface area contributed by atoms with Crippen molar-refractivity contribution in [2.24, 2.45) is 5.92 Å². The minimum absolute atomic E-state index is 0.130. The molecule has 9 nitrogen and oxygen atoms in total. The standard InChI is InChI=1S/C22H26N6O3/c1-14-8-10-27(11-9-14)18-6-4-17(5-7-18)24-19(29)13-31-21(30)20-25-22-23-15(2)12-16(3)28(22)26-20/h4-7,12,14H,8-11,13H2,1-3H3,(H,24,29). The Labute approximate surface area is 180 Å². The summed E-state index contributed by atoms with van der Waals surface area (Å²) in [7, 11) is 0. The van der Waals surface area contributed by atoms with E-state index in [1.54, 1.807) is 0 Å². The fourth-order valence-corrected chi connectivity index (χ4v) is 3.67. The molecule has 3 heterocycles. The second-order valence-electron chi connectivity index (χ2n) is 8.03. The van der Waals surface area contributed by atoms with Crippen LogP contribution < -0.4 is 10.2 Å². The van der Waals surface area contributed by atoms with Gasteiger partial charge in [0, 0.05) is 35.9 Å². The summed E-state index contributed by atoms with van der Waals surface area (Å²) in [4.78, 5) is 35.1. The molecule has 2 aromatic heterocycles. The number of ether oxygens (including phenoxy) is 1. The van der Waals surface area contributed by atoms with Gasteiger partial charge in [-0.2, -0.15) is 4.98 Å². The van der Waals surface area contributed by atoms with Crippen molar-refractivity contribution in [3.05, 3.63) is 47.5 Å². The number of fused-ring (bicyclic) bond motifs is 1. The third-order valence-corrected chi connectivity index (χ3v) is 5.44. The molecule has 0 unspecified atom stereocenters. The lowest BCUT2D eigenvalue weighted by atomic mass is 9.99. The summed E-state index contributed by atoms with van der Waals surface area (Å²) >= 11 is 0. The summed E-state index contributed by atoms with van der Waals surface area (Å²) in [6, 6.07) is 9.54. The number of aryl methyl sites for hydroxylation is 2. The maximum absolute atomic E-state index is 12.2. The number of piperidine rings is 1. The number of hydrogen-bond acceptors (Lipinski definition) is 7. The van der Waals surface area contributed by atoms with Crippen LogP contribution in [-0.2, 0) is 9.53 Å². The molecule has 1 amide bonds. The number of esters is 1. The molecule has 0 atom stereocenters. The minimum atomic E-state index is -0.771. The number of rotatable bonds is 5. The van der Waals surface area contributed by atoms with Gasteiger partial charge in [-0.25, -0.2) is 14.3 Å². The normalized spacial score (nSPS) is 14.6. The quantitative estimate of drug-likeness (QED) is 0.631. The number of benzene rings is 1. The molecular formula is C22H26N6O3. The third-order valence-electron chi connectivity index (χ3n) is 5.44. The van der Waals surface area contributed by atoms with Crippen LogP contribution in [-0.4, -0.2) is 51.2 Å². The Kier molecular flexibility index (Phi) is 5.83. The molecule has 0 bridgehead atoms. The highest BCUT2D eigenvalue weighted by atomic mass is 16.5. The lowest BCUT2D eigenvalue weighted by Crippen LogP contribution is -2.32. The van der Waals surface area contributed by atoms with Gasteiger partial charge in [-0.05, 0) is 62.9 Å². The third kappa shape index (κ3) is 4.82. The van der Waals surface area contributed by atoms with Crippen LogP contribution in [0.4, 0.5) is 11.4 Å². The summed E-state index contributed by atoms with van der Waals surface area (Å²) in [6.45, 7) is 7.64. The van der Waals surface area contributed by atoms with Gasteiger partial charge in [0.15, 0.2) is 6.61 Å². The van der Waals surface area contributed by atoms with Crippen LogP contribution in [0.15, 0.2) is 30.3 Å². The molecule has 0 spiro atoms. The second-order valence-corrected chi connectivity index (χ2v) is 8.03. The van der Waals surface area contributed by atoms with Crippen LogP contribution in [0.5, 0.6) is 0 Å². The van der Waals surface area contributed by atoms with Gasteiger partial charge in [-0.3, -0.25) is 4.79 Å². The highest BCUT2D eigenvalue weighted by Gasteiger charge is 2.18. The number of aromatic nitrogens is 4. The maximum Gasteiger partial charge on any atom is 0.378 e. The van der Waals surface area contributed by atoms with Gasteiger partial charge >= 0.3 is 5.97 Å². The molecule has 1 aliphatic rings. The largest absolute Gasteiger partial charge is 0.450 e. The van der Waals surface area contributed by atoms with Gasteiger partial charge in [-0.1, -0.05) is 6.92 Å². The average Bonchev–Trinajstić information content (AvgIpc) is 3.18. The molecule has 3 aromatic rings. The molecule has 1 N–H and O–H groups in total. The van der Waals surface area contributed by atoms with Crippen molar-refractivity contribution in [2.75, 3.05) is 29.9 Å². The van der Waals surface area contributed by atoms with Gasteiger partial charge < -0.3 is 15.0 Å². The van der Waals surface area contributed by atoms with Crippen LogP contribution >= 0.6 is 0 Å². The van der Waals surface area contributed by atoms with E-state index in [9.17, 15) is 9.59 Å². The average molecular weight is 422 g/mol. The molecule has 9 heteroatoms. The highest BCUT2D eigenvalue weighted by Crippen LogP contribution is 2.24. The van der Waals surface area contributed by atoms with Crippen molar-refractivity contribution in [2.45, 2.75) is 33.6 Å². The van der Waals surface area contributed by atoms with E-state index < -0.39 is 18.5 Å². The Hall–Kier alpha value is -3.49. The Morgan fingerprint density at radius 2 is 1.84 bits per heavy atom. The molecule has 1 fully saturated rings. The van der Waals surface area contributed by atoms with Crippen LogP contribution in [0.25, 0.3) is 5.78 Å². The van der Waals surface area contributed by atoms with E-state index in [0.29, 0.717) is 11.5 Å². The number of nitrogens with zero attached hydrogens (tertiary/aromatic N) is 5. The molecule has 4 rings (SSSR count). The zero-order valence-electron chi connectivity index (χ0n) is 18.0. The monoisotopic (exact) mass is 422 g/mol. The first kappa shape index (κ1) is 20.8. The van der Waals surface area contributed by atoms with Crippen molar-refractivity contribution in [3.63, 3.8) is 0 Å². The number of nitrogens with one attached hydrogen (secondary N) is 1. The number of amides is 1. The van der Waals surface area contributed by atoms with E-state index in [4.69, 9.17) is 4.74 Å². The summed E-state index contributed by atoms with van der Waals surface area (Å²) in [5.41, 5.74) is 3.37. The van der Waals surface area contributed by atoms with Gasteiger partial charge in [0.25, 0.3) is 17.5 Å². The van der Waals surface area contributed by atoms with Crippen molar-refractivity contribution in [3.8, 4) is 0 Å². The number of carbonyl (C=O) groups excluding carboxylic acids is 2. The van der Waals surface area contributed by atoms with Gasteiger partial charge in [0.1, 0.15) is 0 Å². The Morgan fingerprint density at radius 3 is 2.55 bits per heavy atom. The topological polar surface area (TPSA) is 102 Å². The molecule has 0 aliphatic carbocycles. The Balaban J connectivity index is 1.31. The summed E-state index contributed by atoms with van der Waals surface area (Å²) < 4.78 is 6.53. The fourth-order valence-electron chi connectivity index (χ4n) is 3.67. The first-order chi connectivity index (χ1) is 14.9. The molecule has 162 valence electrons. The van der Waals surface area contributed by atoms with Gasteiger partial charge in [0.05, 0.1) is 0 Å². The van der Waals surface area contributed by atoms with Gasteiger partial charge in [-0.15, -0.1) is 5.10 Å². The smallest absolute Gasteiger partial charge is 0.378 e. The van der Waals surface area contributed by atoms with Crippen molar-refractivity contribution in [1.29, 1.82) is 0 Å². The SMILES string of the molecule is Cc1cc(C)n2nc(C(=O)OCC(=O)Nc3ccc(N4CCC(C)CC4)cc3)nc2n1. The highest BCUT2D eigenvalue weighted by molar-refractivity contribution is 5.94. The van der Waals surface area contributed by atoms with E-state index in [0.717, 1.165) is 36.1 Å². The van der Waals surface area contributed by atoms with Crippen LogP contribution in [0.2, 0.25) is 0 Å². The van der Waals surface area contributed by atoms with Crippen LogP contribution in [0, 0.1) is 19.8 Å². The summed E-state index contributed by atoms with van der Waals surface area (Å²) in [5.74, 6) is -0.238. The predicted molar refractivity (Wildman–Crippen MR) is 116 cm³/mol.